The minimum Gasteiger partial charge on any atom is -0.490 e. The fourth-order valence-corrected chi connectivity index (χ4v) is 4.52. The molecule has 4 rings (SSSR count). The number of anilines is 1. The SMILES string of the molecule is CC(=O)Nc1ccc2c(c1)C(=O)N(C)[C@@H]1CC[C@@H](CC(=O)NCc3ccc(Cl)cc3)O[C@@H]1CO2. The summed E-state index contributed by atoms with van der Waals surface area (Å²) in [5.74, 6) is -0.0579. The van der Waals surface area contributed by atoms with E-state index in [-0.39, 0.29) is 49.0 Å². The number of ether oxygens (including phenoxy) is 2. The highest BCUT2D eigenvalue weighted by atomic mass is 35.5. The molecule has 3 amide bonds. The summed E-state index contributed by atoms with van der Waals surface area (Å²) in [6.07, 6.45) is 1.00. The number of rotatable bonds is 5. The maximum absolute atomic E-state index is 13.2. The fourth-order valence-electron chi connectivity index (χ4n) is 4.39. The van der Waals surface area contributed by atoms with E-state index in [0.717, 1.165) is 5.56 Å². The van der Waals surface area contributed by atoms with Crippen molar-refractivity contribution in [1.82, 2.24) is 10.2 Å². The molecule has 1 saturated heterocycles. The Morgan fingerprint density at radius 2 is 1.91 bits per heavy atom. The van der Waals surface area contributed by atoms with Crippen LogP contribution >= 0.6 is 11.6 Å². The van der Waals surface area contributed by atoms with E-state index in [4.69, 9.17) is 21.1 Å². The van der Waals surface area contributed by atoms with Gasteiger partial charge in [-0.25, -0.2) is 0 Å². The fraction of sp³-hybridized carbons (Fsp3) is 0.400. The van der Waals surface area contributed by atoms with Gasteiger partial charge in [0.15, 0.2) is 0 Å². The highest BCUT2D eigenvalue weighted by Gasteiger charge is 2.39. The zero-order chi connectivity index (χ0) is 24.2. The molecule has 3 atom stereocenters. The Morgan fingerprint density at radius 1 is 1.15 bits per heavy atom. The van der Waals surface area contributed by atoms with E-state index >= 15 is 0 Å². The smallest absolute Gasteiger partial charge is 0.257 e. The maximum atomic E-state index is 13.2. The second-order valence-corrected chi connectivity index (χ2v) is 9.10. The zero-order valence-corrected chi connectivity index (χ0v) is 19.9. The van der Waals surface area contributed by atoms with Gasteiger partial charge >= 0.3 is 0 Å². The monoisotopic (exact) mass is 485 g/mol. The average molecular weight is 486 g/mol. The maximum Gasteiger partial charge on any atom is 0.257 e. The normalized spacial score (nSPS) is 21.9. The molecule has 0 radical (unpaired) electrons. The molecule has 2 aromatic rings. The van der Waals surface area contributed by atoms with Gasteiger partial charge in [0.2, 0.25) is 11.8 Å². The van der Waals surface area contributed by atoms with Gasteiger partial charge in [0.25, 0.3) is 5.91 Å². The highest BCUT2D eigenvalue weighted by Crippen LogP contribution is 2.32. The summed E-state index contributed by atoms with van der Waals surface area (Å²) in [7, 11) is 1.75. The Hall–Kier alpha value is -3.10. The largest absolute Gasteiger partial charge is 0.490 e. The molecule has 0 unspecified atom stereocenters. The first-order valence-corrected chi connectivity index (χ1v) is 11.7. The van der Waals surface area contributed by atoms with Gasteiger partial charge < -0.3 is 25.0 Å². The van der Waals surface area contributed by atoms with E-state index in [1.807, 2.05) is 12.1 Å². The molecule has 2 aliphatic heterocycles. The summed E-state index contributed by atoms with van der Waals surface area (Å²) < 4.78 is 12.2. The van der Waals surface area contributed by atoms with Gasteiger partial charge in [-0.1, -0.05) is 23.7 Å². The predicted octanol–water partition coefficient (Wildman–Crippen LogP) is 3.39. The molecular weight excluding hydrogens is 458 g/mol. The van der Waals surface area contributed by atoms with Crippen LogP contribution in [0.3, 0.4) is 0 Å². The molecule has 2 heterocycles. The van der Waals surface area contributed by atoms with Gasteiger partial charge in [0, 0.05) is 31.2 Å². The molecule has 0 bridgehead atoms. The molecule has 0 aromatic heterocycles. The summed E-state index contributed by atoms with van der Waals surface area (Å²) >= 11 is 5.90. The van der Waals surface area contributed by atoms with Crippen LogP contribution in [0.25, 0.3) is 0 Å². The number of carbonyl (C=O) groups is 3. The number of hydrogen-bond acceptors (Lipinski definition) is 5. The molecule has 0 aliphatic carbocycles. The van der Waals surface area contributed by atoms with Gasteiger partial charge in [-0.15, -0.1) is 0 Å². The van der Waals surface area contributed by atoms with Crippen LogP contribution in [-0.2, 0) is 20.9 Å². The molecular formula is C25H28ClN3O5. The van der Waals surface area contributed by atoms with Crippen molar-refractivity contribution in [3.8, 4) is 5.75 Å². The van der Waals surface area contributed by atoms with Crippen molar-refractivity contribution in [2.45, 2.75) is 51.0 Å². The number of nitrogens with one attached hydrogen (secondary N) is 2. The number of fused-ring (bicyclic) bond motifs is 2. The highest BCUT2D eigenvalue weighted by molar-refractivity contribution is 6.30. The molecule has 2 N–H and O–H groups in total. The number of carbonyl (C=O) groups excluding carboxylic acids is 3. The van der Waals surface area contributed by atoms with E-state index in [1.54, 1.807) is 42.3 Å². The van der Waals surface area contributed by atoms with Crippen molar-refractivity contribution in [2.24, 2.45) is 0 Å². The summed E-state index contributed by atoms with van der Waals surface area (Å²) in [6.45, 7) is 2.10. The van der Waals surface area contributed by atoms with Crippen molar-refractivity contribution < 1.29 is 23.9 Å². The third kappa shape index (κ3) is 5.69. The third-order valence-corrected chi connectivity index (χ3v) is 6.40. The van der Waals surface area contributed by atoms with E-state index in [2.05, 4.69) is 10.6 Å². The molecule has 2 aromatic carbocycles. The van der Waals surface area contributed by atoms with Crippen molar-refractivity contribution in [2.75, 3.05) is 19.0 Å². The number of hydrogen-bond donors (Lipinski definition) is 2. The van der Waals surface area contributed by atoms with Crippen LogP contribution in [0.5, 0.6) is 5.75 Å². The lowest BCUT2D eigenvalue weighted by atomic mass is 9.94. The molecule has 180 valence electrons. The topological polar surface area (TPSA) is 97.0 Å². The van der Waals surface area contributed by atoms with Crippen LogP contribution in [0, 0.1) is 0 Å². The molecule has 2 aliphatic rings. The van der Waals surface area contributed by atoms with E-state index in [1.165, 1.54) is 6.92 Å². The van der Waals surface area contributed by atoms with Crippen LogP contribution in [0.4, 0.5) is 5.69 Å². The number of amides is 3. The first-order chi connectivity index (χ1) is 16.3. The van der Waals surface area contributed by atoms with Crippen LogP contribution in [0.1, 0.15) is 42.1 Å². The van der Waals surface area contributed by atoms with Gasteiger partial charge in [-0.3, -0.25) is 14.4 Å². The van der Waals surface area contributed by atoms with Gasteiger partial charge in [0.1, 0.15) is 18.5 Å². The molecule has 1 fully saturated rings. The molecule has 8 nitrogen and oxygen atoms in total. The number of benzene rings is 2. The Bertz CT molecular complexity index is 1070. The molecule has 9 heteroatoms. The summed E-state index contributed by atoms with van der Waals surface area (Å²) in [6, 6.07) is 12.2. The Balaban J connectivity index is 1.38. The Morgan fingerprint density at radius 3 is 2.65 bits per heavy atom. The van der Waals surface area contributed by atoms with Crippen LogP contribution < -0.4 is 15.4 Å². The number of halogens is 1. The molecule has 0 saturated carbocycles. The summed E-state index contributed by atoms with van der Waals surface area (Å²) in [5, 5.41) is 6.27. The second kappa shape index (κ2) is 10.4. The second-order valence-electron chi connectivity index (χ2n) is 8.67. The average Bonchev–Trinajstić information content (AvgIpc) is 2.81. The lowest BCUT2D eigenvalue weighted by Gasteiger charge is -2.42. The lowest BCUT2D eigenvalue weighted by molar-refractivity contribution is -0.134. The van der Waals surface area contributed by atoms with Crippen molar-refractivity contribution in [1.29, 1.82) is 0 Å². The number of nitrogens with zero attached hydrogens (tertiary/aromatic N) is 1. The van der Waals surface area contributed by atoms with Gasteiger partial charge in [-0.2, -0.15) is 0 Å². The molecule has 0 spiro atoms. The minimum absolute atomic E-state index is 0.0922. The van der Waals surface area contributed by atoms with E-state index in [9.17, 15) is 14.4 Å². The lowest BCUT2D eigenvalue weighted by Crippen LogP contribution is -2.53. The van der Waals surface area contributed by atoms with Crippen LogP contribution in [0.2, 0.25) is 5.02 Å². The van der Waals surface area contributed by atoms with Crippen molar-refractivity contribution in [3.63, 3.8) is 0 Å². The Kier molecular flexibility index (Phi) is 7.38. The van der Waals surface area contributed by atoms with Crippen LogP contribution in [-0.4, -0.2) is 54.5 Å². The summed E-state index contributed by atoms with van der Waals surface area (Å²) in [4.78, 5) is 38.7. The first-order valence-electron chi connectivity index (χ1n) is 11.3. The molecule has 34 heavy (non-hydrogen) atoms. The van der Waals surface area contributed by atoms with E-state index < -0.39 is 0 Å². The third-order valence-electron chi connectivity index (χ3n) is 6.15. The van der Waals surface area contributed by atoms with Crippen LogP contribution in [0.15, 0.2) is 42.5 Å². The quantitative estimate of drug-likeness (QED) is 0.676. The van der Waals surface area contributed by atoms with Crippen molar-refractivity contribution >= 4 is 35.0 Å². The standard InChI is InChI=1S/C25H28ClN3O5/c1-15(30)28-18-7-10-22-20(11-18)25(32)29(2)21-9-8-19(34-23(21)14-33-22)12-24(31)27-13-16-3-5-17(26)6-4-16/h3-7,10-11,19,21,23H,8-9,12-14H2,1-2H3,(H,27,31)(H,28,30)/t19-,21+,23+/m0/s1. The Labute approximate surface area is 203 Å². The van der Waals surface area contributed by atoms with Crippen molar-refractivity contribution in [3.05, 3.63) is 58.6 Å². The number of likely N-dealkylation sites (N-methyl/N-ethyl adjacent to an activating group) is 1. The minimum atomic E-state index is -0.347. The van der Waals surface area contributed by atoms with Gasteiger partial charge in [0.05, 0.1) is 24.1 Å². The first kappa shape index (κ1) is 24.0. The predicted molar refractivity (Wildman–Crippen MR) is 128 cm³/mol. The summed E-state index contributed by atoms with van der Waals surface area (Å²) in [5.41, 5.74) is 1.91. The zero-order valence-electron chi connectivity index (χ0n) is 19.2. The van der Waals surface area contributed by atoms with Gasteiger partial charge in [-0.05, 0) is 48.7 Å². The van der Waals surface area contributed by atoms with E-state index in [0.29, 0.717) is 41.4 Å².